The number of ether oxygens (including phenoxy) is 3. The molecule has 3 unspecified atom stereocenters. The van der Waals surface area contributed by atoms with Gasteiger partial charge in [0.2, 0.25) is 0 Å². The predicted molar refractivity (Wildman–Crippen MR) is 96.6 cm³/mol. The lowest BCUT2D eigenvalue weighted by molar-refractivity contribution is -0.0580. The molecule has 0 aromatic carbocycles. The SMILES string of the molecule is CC1OCCC1(O)Cn1cnc2c(N3CCOC4(CCOC4)C3)ncnc21. The van der Waals surface area contributed by atoms with Gasteiger partial charge in [-0.1, -0.05) is 0 Å². The molecule has 3 atom stereocenters. The minimum absolute atomic E-state index is 0.210. The van der Waals surface area contributed by atoms with Crippen LogP contribution in [0.5, 0.6) is 0 Å². The van der Waals surface area contributed by atoms with Gasteiger partial charge >= 0.3 is 0 Å². The van der Waals surface area contributed by atoms with E-state index in [-0.39, 0.29) is 11.7 Å². The maximum atomic E-state index is 10.9. The number of aliphatic hydroxyl groups is 1. The first-order valence-corrected chi connectivity index (χ1v) is 9.55. The van der Waals surface area contributed by atoms with Gasteiger partial charge in [0.1, 0.15) is 17.5 Å². The summed E-state index contributed by atoms with van der Waals surface area (Å²) in [6, 6.07) is 0. The van der Waals surface area contributed by atoms with Crippen molar-refractivity contribution in [1.82, 2.24) is 19.5 Å². The van der Waals surface area contributed by atoms with Crippen molar-refractivity contribution in [2.45, 2.75) is 43.6 Å². The number of hydrogen-bond donors (Lipinski definition) is 1. The highest BCUT2D eigenvalue weighted by Crippen LogP contribution is 2.33. The van der Waals surface area contributed by atoms with Crippen LogP contribution in [-0.2, 0) is 20.8 Å². The van der Waals surface area contributed by atoms with E-state index >= 15 is 0 Å². The normalized spacial score (nSPS) is 34.1. The Bertz CT molecular complexity index is 836. The van der Waals surface area contributed by atoms with Crippen LogP contribution >= 0.6 is 0 Å². The Morgan fingerprint density at radius 2 is 2.15 bits per heavy atom. The monoisotopic (exact) mass is 375 g/mol. The molecule has 3 fully saturated rings. The van der Waals surface area contributed by atoms with Gasteiger partial charge in [0.25, 0.3) is 0 Å². The summed E-state index contributed by atoms with van der Waals surface area (Å²) in [5.41, 5.74) is 0.340. The number of morpholine rings is 1. The quantitative estimate of drug-likeness (QED) is 0.822. The average Bonchev–Trinajstić information content (AvgIpc) is 3.37. The lowest BCUT2D eigenvalue weighted by Gasteiger charge is -2.39. The molecule has 9 heteroatoms. The van der Waals surface area contributed by atoms with E-state index in [4.69, 9.17) is 14.2 Å². The first-order valence-electron chi connectivity index (χ1n) is 9.55. The lowest BCUT2D eigenvalue weighted by Crippen LogP contribution is -2.52. The fourth-order valence-corrected chi connectivity index (χ4v) is 4.34. The minimum atomic E-state index is -0.900. The zero-order valence-electron chi connectivity index (χ0n) is 15.5. The van der Waals surface area contributed by atoms with E-state index in [9.17, 15) is 5.11 Å². The Morgan fingerprint density at radius 1 is 1.22 bits per heavy atom. The molecule has 0 radical (unpaired) electrons. The molecule has 2 aromatic rings. The van der Waals surface area contributed by atoms with Crippen LogP contribution in [0.4, 0.5) is 5.82 Å². The fourth-order valence-electron chi connectivity index (χ4n) is 4.34. The first-order chi connectivity index (χ1) is 13.1. The van der Waals surface area contributed by atoms with Gasteiger partial charge in [0, 0.05) is 32.6 Å². The molecular weight excluding hydrogens is 350 g/mol. The second-order valence-electron chi connectivity index (χ2n) is 7.86. The smallest absolute Gasteiger partial charge is 0.165 e. The summed E-state index contributed by atoms with van der Waals surface area (Å²) in [6.45, 7) is 6.38. The van der Waals surface area contributed by atoms with Crippen molar-refractivity contribution in [2.24, 2.45) is 0 Å². The molecule has 9 nitrogen and oxygen atoms in total. The predicted octanol–water partition coefficient (Wildman–Crippen LogP) is 0.362. The number of aromatic nitrogens is 4. The Hall–Kier alpha value is -1.81. The standard InChI is InChI=1S/C18H25N5O4/c1-13-18(24,3-6-26-13)9-23-12-21-14-15(19-11-20-16(14)23)22-4-7-27-17(8-22)2-5-25-10-17/h11-13,24H,2-10H2,1H3. The van der Waals surface area contributed by atoms with Crippen LogP contribution in [0.1, 0.15) is 19.8 Å². The highest BCUT2D eigenvalue weighted by Gasteiger charge is 2.42. The van der Waals surface area contributed by atoms with Crippen molar-refractivity contribution in [3.8, 4) is 0 Å². The van der Waals surface area contributed by atoms with Gasteiger partial charge < -0.3 is 28.8 Å². The molecule has 2 aromatic heterocycles. The largest absolute Gasteiger partial charge is 0.385 e. The minimum Gasteiger partial charge on any atom is -0.385 e. The molecule has 0 amide bonds. The molecule has 3 aliphatic rings. The fraction of sp³-hybridized carbons (Fsp3) is 0.722. The summed E-state index contributed by atoms with van der Waals surface area (Å²) in [7, 11) is 0. The van der Waals surface area contributed by atoms with Crippen LogP contribution in [0, 0.1) is 0 Å². The highest BCUT2D eigenvalue weighted by molar-refractivity contribution is 5.83. The van der Waals surface area contributed by atoms with Gasteiger partial charge in [-0.15, -0.1) is 0 Å². The maximum absolute atomic E-state index is 10.9. The third-order valence-electron chi connectivity index (χ3n) is 6.10. The van der Waals surface area contributed by atoms with Crippen LogP contribution in [-0.4, -0.2) is 81.4 Å². The molecule has 3 aliphatic heterocycles. The molecule has 146 valence electrons. The Morgan fingerprint density at radius 3 is 2.93 bits per heavy atom. The van der Waals surface area contributed by atoms with Gasteiger partial charge in [-0.2, -0.15) is 0 Å². The van der Waals surface area contributed by atoms with Crippen molar-refractivity contribution >= 4 is 17.0 Å². The van der Waals surface area contributed by atoms with Gasteiger partial charge in [-0.3, -0.25) is 0 Å². The molecule has 0 aliphatic carbocycles. The molecule has 27 heavy (non-hydrogen) atoms. The Labute approximate surface area is 157 Å². The van der Waals surface area contributed by atoms with Gasteiger partial charge in [-0.05, 0) is 6.92 Å². The van der Waals surface area contributed by atoms with Crippen LogP contribution in [0.25, 0.3) is 11.2 Å². The first kappa shape index (κ1) is 17.3. The van der Waals surface area contributed by atoms with E-state index in [1.807, 2.05) is 11.5 Å². The number of fused-ring (bicyclic) bond motifs is 1. The van der Waals surface area contributed by atoms with Gasteiger partial charge in [-0.25, -0.2) is 15.0 Å². The summed E-state index contributed by atoms with van der Waals surface area (Å²) >= 11 is 0. The number of rotatable bonds is 3. The van der Waals surface area contributed by atoms with E-state index in [1.165, 1.54) is 0 Å². The number of nitrogens with zero attached hydrogens (tertiary/aromatic N) is 5. The molecule has 0 bridgehead atoms. The van der Waals surface area contributed by atoms with Crippen LogP contribution < -0.4 is 4.90 Å². The third-order valence-corrected chi connectivity index (χ3v) is 6.10. The molecule has 0 saturated carbocycles. The summed E-state index contributed by atoms with van der Waals surface area (Å²) in [6.07, 6.45) is 4.61. The summed E-state index contributed by atoms with van der Waals surface area (Å²) in [4.78, 5) is 15.8. The zero-order valence-corrected chi connectivity index (χ0v) is 15.5. The number of hydrogen-bond acceptors (Lipinski definition) is 8. The number of imidazole rings is 1. The van der Waals surface area contributed by atoms with Crippen LogP contribution in [0.3, 0.4) is 0 Å². The van der Waals surface area contributed by atoms with E-state index in [2.05, 4.69) is 19.9 Å². The van der Waals surface area contributed by atoms with Gasteiger partial charge in [0.15, 0.2) is 17.0 Å². The third kappa shape index (κ3) is 2.89. The van der Waals surface area contributed by atoms with Crippen molar-refractivity contribution in [2.75, 3.05) is 44.4 Å². The molecule has 1 N–H and O–H groups in total. The zero-order chi connectivity index (χ0) is 18.5. The van der Waals surface area contributed by atoms with E-state index < -0.39 is 5.60 Å². The summed E-state index contributed by atoms with van der Waals surface area (Å²) < 4.78 is 19.0. The second kappa shape index (κ2) is 6.37. The Kier molecular flexibility index (Phi) is 4.08. The van der Waals surface area contributed by atoms with E-state index in [1.54, 1.807) is 12.7 Å². The van der Waals surface area contributed by atoms with Crippen LogP contribution in [0.2, 0.25) is 0 Å². The highest BCUT2D eigenvalue weighted by atomic mass is 16.6. The topological polar surface area (TPSA) is 94.8 Å². The van der Waals surface area contributed by atoms with E-state index in [0.717, 1.165) is 43.1 Å². The average molecular weight is 375 g/mol. The van der Waals surface area contributed by atoms with Crippen molar-refractivity contribution in [1.29, 1.82) is 0 Å². The maximum Gasteiger partial charge on any atom is 0.165 e. The second-order valence-corrected chi connectivity index (χ2v) is 7.86. The Balaban J connectivity index is 1.45. The molecule has 3 saturated heterocycles. The molecule has 1 spiro atoms. The summed E-state index contributed by atoms with van der Waals surface area (Å²) in [5.74, 6) is 0.816. The van der Waals surface area contributed by atoms with Crippen molar-refractivity contribution in [3.63, 3.8) is 0 Å². The molecular formula is C18H25N5O4. The number of anilines is 1. The van der Waals surface area contributed by atoms with Crippen molar-refractivity contribution in [3.05, 3.63) is 12.7 Å². The van der Waals surface area contributed by atoms with Crippen LogP contribution in [0.15, 0.2) is 12.7 Å². The lowest BCUT2D eigenvalue weighted by atomic mass is 9.97. The molecule has 5 rings (SSSR count). The van der Waals surface area contributed by atoms with E-state index in [0.29, 0.717) is 32.8 Å². The van der Waals surface area contributed by atoms with Gasteiger partial charge in [0.05, 0.1) is 38.7 Å². The summed E-state index contributed by atoms with van der Waals surface area (Å²) in [5, 5.41) is 10.9. The molecule has 5 heterocycles. The van der Waals surface area contributed by atoms with Crippen molar-refractivity contribution < 1.29 is 19.3 Å².